The van der Waals surface area contributed by atoms with Crippen molar-refractivity contribution in [3.05, 3.63) is 18.1 Å². The van der Waals surface area contributed by atoms with Gasteiger partial charge in [-0.1, -0.05) is 13.3 Å². The fourth-order valence-corrected chi connectivity index (χ4v) is 4.62. The Balaban J connectivity index is 1.31. The van der Waals surface area contributed by atoms with E-state index in [1.54, 1.807) is 6.33 Å². The van der Waals surface area contributed by atoms with Crippen molar-refractivity contribution in [2.45, 2.75) is 70.4 Å². The van der Waals surface area contributed by atoms with Crippen molar-refractivity contribution in [2.24, 2.45) is 5.92 Å². The topological polar surface area (TPSA) is 61.4 Å². The number of piperidine rings is 2. The lowest BCUT2D eigenvalue weighted by molar-refractivity contribution is -0.127. The van der Waals surface area contributed by atoms with E-state index in [-0.39, 0.29) is 5.92 Å². The van der Waals surface area contributed by atoms with E-state index in [0.29, 0.717) is 18.0 Å². The second kappa shape index (κ2) is 8.55. The molecule has 1 aromatic heterocycles. The van der Waals surface area contributed by atoms with Crippen LogP contribution in [0.4, 0.5) is 5.82 Å². The predicted octanol–water partition coefficient (Wildman–Crippen LogP) is 2.39. The Labute approximate surface area is 162 Å². The van der Waals surface area contributed by atoms with Crippen LogP contribution in [0.5, 0.6) is 0 Å². The number of nitrogens with one attached hydrogen (secondary N) is 1. The van der Waals surface area contributed by atoms with Gasteiger partial charge in [0.2, 0.25) is 5.91 Å². The third-order valence-corrected chi connectivity index (χ3v) is 6.31. The van der Waals surface area contributed by atoms with Crippen LogP contribution in [0.15, 0.2) is 12.5 Å². The number of carbonyl (C=O) groups is 1. The normalized spacial score (nSPS) is 24.8. The molecule has 2 aliphatic heterocycles. The average Bonchev–Trinajstić information content (AvgIpc) is 3.53. The lowest BCUT2D eigenvalue weighted by Gasteiger charge is -2.42. The summed E-state index contributed by atoms with van der Waals surface area (Å²) < 4.78 is 0. The molecule has 3 aliphatic rings. The third kappa shape index (κ3) is 4.60. The van der Waals surface area contributed by atoms with Gasteiger partial charge >= 0.3 is 0 Å². The number of aryl methyl sites for hydroxylation is 1. The van der Waals surface area contributed by atoms with Gasteiger partial charge in [0.1, 0.15) is 12.1 Å². The van der Waals surface area contributed by atoms with Gasteiger partial charge < -0.3 is 10.2 Å². The minimum Gasteiger partial charge on any atom is -0.356 e. The number of hydrogen-bond donors (Lipinski definition) is 1. The van der Waals surface area contributed by atoms with E-state index in [4.69, 9.17) is 0 Å². The van der Waals surface area contributed by atoms with Crippen molar-refractivity contribution >= 4 is 11.7 Å². The van der Waals surface area contributed by atoms with Gasteiger partial charge in [0.15, 0.2) is 0 Å². The van der Waals surface area contributed by atoms with Gasteiger partial charge in [-0.25, -0.2) is 9.97 Å². The molecular weight excluding hydrogens is 338 g/mol. The molecule has 148 valence electrons. The van der Waals surface area contributed by atoms with Gasteiger partial charge in [0.25, 0.3) is 0 Å². The lowest BCUT2D eigenvalue weighted by atomic mass is 9.93. The largest absolute Gasteiger partial charge is 0.356 e. The van der Waals surface area contributed by atoms with Gasteiger partial charge in [0, 0.05) is 43.5 Å². The Morgan fingerprint density at radius 3 is 2.74 bits per heavy atom. The number of anilines is 1. The molecule has 3 fully saturated rings. The molecule has 1 aromatic rings. The Morgan fingerprint density at radius 2 is 2.00 bits per heavy atom. The number of aromatic nitrogens is 2. The minimum absolute atomic E-state index is 0.190. The number of nitrogens with zero attached hydrogens (tertiary/aromatic N) is 4. The molecule has 1 atom stereocenters. The number of hydrogen-bond acceptors (Lipinski definition) is 5. The molecule has 0 radical (unpaired) electrons. The van der Waals surface area contributed by atoms with E-state index < -0.39 is 0 Å². The van der Waals surface area contributed by atoms with Gasteiger partial charge in [-0.3, -0.25) is 9.69 Å². The van der Waals surface area contributed by atoms with Crippen LogP contribution in [0, 0.1) is 5.92 Å². The minimum atomic E-state index is 0.190. The Kier molecular flexibility index (Phi) is 5.91. The van der Waals surface area contributed by atoms with E-state index in [0.717, 1.165) is 70.5 Å². The third-order valence-electron chi connectivity index (χ3n) is 6.31. The zero-order chi connectivity index (χ0) is 18.6. The van der Waals surface area contributed by atoms with Crippen LogP contribution in [-0.4, -0.2) is 59.0 Å². The van der Waals surface area contributed by atoms with Crippen LogP contribution in [-0.2, 0) is 11.2 Å². The first kappa shape index (κ1) is 18.7. The van der Waals surface area contributed by atoms with Crippen LogP contribution in [0.2, 0.25) is 0 Å². The highest BCUT2D eigenvalue weighted by atomic mass is 16.2. The van der Waals surface area contributed by atoms with E-state index in [9.17, 15) is 4.79 Å². The molecule has 1 saturated carbocycles. The highest BCUT2D eigenvalue weighted by molar-refractivity contribution is 5.79. The first-order valence-corrected chi connectivity index (χ1v) is 10.8. The summed E-state index contributed by atoms with van der Waals surface area (Å²) in [4.78, 5) is 26.3. The summed E-state index contributed by atoms with van der Waals surface area (Å²) in [5.41, 5.74) is 1.27. The highest BCUT2D eigenvalue weighted by Gasteiger charge is 2.34. The fourth-order valence-electron chi connectivity index (χ4n) is 4.62. The number of carbonyl (C=O) groups excluding carboxylic acids is 1. The van der Waals surface area contributed by atoms with Gasteiger partial charge in [-0.15, -0.1) is 0 Å². The summed E-state index contributed by atoms with van der Waals surface area (Å²) in [7, 11) is 0. The van der Waals surface area contributed by atoms with E-state index in [2.05, 4.69) is 32.0 Å². The molecule has 1 N–H and O–H groups in total. The summed E-state index contributed by atoms with van der Waals surface area (Å²) in [6, 6.07) is 1.08. The van der Waals surface area contributed by atoms with Crippen molar-refractivity contribution in [2.75, 3.05) is 31.1 Å². The zero-order valence-electron chi connectivity index (χ0n) is 16.6. The first-order chi connectivity index (χ1) is 13.2. The summed E-state index contributed by atoms with van der Waals surface area (Å²) >= 11 is 0. The molecule has 4 rings (SSSR count). The number of likely N-dealkylation sites (tertiary alicyclic amines) is 1. The van der Waals surface area contributed by atoms with Gasteiger partial charge in [-0.05, 0) is 51.5 Å². The monoisotopic (exact) mass is 371 g/mol. The van der Waals surface area contributed by atoms with Crippen LogP contribution in [0.3, 0.4) is 0 Å². The smallest absolute Gasteiger partial charge is 0.224 e. The maximum absolute atomic E-state index is 12.5. The quantitative estimate of drug-likeness (QED) is 0.832. The van der Waals surface area contributed by atoms with Gasteiger partial charge in [-0.2, -0.15) is 0 Å². The SMILES string of the molecule is CCCc1cncnc1N1CCC(N2CCCC(C(=O)NC3CC3)C2)CC1. The number of amides is 1. The average molecular weight is 372 g/mol. The molecule has 1 amide bonds. The Morgan fingerprint density at radius 1 is 1.19 bits per heavy atom. The molecule has 27 heavy (non-hydrogen) atoms. The molecule has 2 saturated heterocycles. The van der Waals surface area contributed by atoms with E-state index >= 15 is 0 Å². The van der Waals surface area contributed by atoms with E-state index in [1.807, 2.05) is 6.20 Å². The van der Waals surface area contributed by atoms with Crippen LogP contribution < -0.4 is 10.2 Å². The predicted molar refractivity (Wildman–Crippen MR) is 107 cm³/mol. The molecule has 1 aliphatic carbocycles. The van der Waals surface area contributed by atoms with Crippen molar-refractivity contribution in [1.29, 1.82) is 0 Å². The second-order valence-corrected chi connectivity index (χ2v) is 8.46. The molecule has 0 bridgehead atoms. The van der Waals surface area contributed by atoms with Crippen molar-refractivity contribution in [1.82, 2.24) is 20.2 Å². The first-order valence-electron chi connectivity index (χ1n) is 10.8. The molecular formula is C21H33N5O. The maximum atomic E-state index is 12.5. The summed E-state index contributed by atoms with van der Waals surface area (Å²) in [6.45, 7) is 6.39. The molecule has 0 spiro atoms. The van der Waals surface area contributed by atoms with Crippen molar-refractivity contribution in [3.63, 3.8) is 0 Å². The Bertz CT molecular complexity index is 639. The lowest BCUT2D eigenvalue weighted by Crippen LogP contribution is -2.51. The van der Waals surface area contributed by atoms with Crippen molar-refractivity contribution < 1.29 is 4.79 Å². The Hall–Kier alpha value is -1.69. The second-order valence-electron chi connectivity index (χ2n) is 8.46. The zero-order valence-corrected chi connectivity index (χ0v) is 16.6. The number of rotatable bonds is 6. The molecule has 1 unspecified atom stereocenters. The standard InChI is InChI=1S/C21H33N5O/c1-2-4-16-13-22-15-23-20(16)25-11-8-19(9-12-25)26-10-3-5-17(14-26)21(27)24-18-6-7-18/h13,15,17-19H,2-12,14H2,1H3,(H,24,27). The highest BCUT2D eigenvalue weighted by Crippen LogP contribution is 2.28. The summed E-state index contributed by atoms with van der Waals surface area (Å²) in [5.74, 6) is 1.62. The maximum Gasteiger partial charge on any atom is 0.224 e. The molecule has 6 nitrogen and oxygen atoms in total. The van der Waals surface area contributed by atoms with Crippen molar-refractivity contribution in [3.8, 4) is 0 Å². The van der Waals surface area contributed by atoms with Crippen LogP contribution in [0.1, 0.15) is 57.4 Å². The molecule has 3 heterocycles. The fraction of sp³-hybridized carbons (Fsp3) is 0.762. The van der Waals surface area contributed by atoms with Crippen LogP contribution in [0.25, 0.3) is 0 Å². The molecule has 0 aromatic carbocycles. The van der Waals surface area contributed by atoms with E-state index in [1.165, 1.54) is 18.4 Å². The van der Waals surface area contributed by atoms with Gasteiger partial charge in [0.05, 0.1) is 5.92 Å². The summed E-state index contributed by atoms with van der Waals surface area (Å²) in [5, 5.41) is 3.21. The molecule has 6 heteroatoms. The van der Waals surface area contributed by atoms with Crippen LogP contribution >= 0.6 is 0 Å². The summed E-state index contributed by atoms with van der Waals surface area (Å²) in [6.07, 6.45) is 12.7.